The Morgan fingerprint density at radius 1 is 1.26 bits per heavy atom. The second-order valence-corrected chi connectivity index (χ2v) is 4.90. The maximum Gasteiger partial charge on any atom is 0.241 e. The van der Waals surface area contributed by atoms with Gasteiger partial charge in [0.25, 0.3) is 0 Å². The number of aromatic nitrogens is 2. The predicted molar refractivity (Wildman–Crippen MR) is 77.7 cm³/mol. The third kappa shape index (κ3) is 2.72. The molecule has 2 rings (SSSR count). The molecule has 1 aromatic carbocycles. The number of hydrogen-bond donors (Lipinski definition) is 1. The highest BCUT2D eigenvalue weighted by molar-refractivity contribution is 5.54. The van der Waals surface area contributed by atoms with Crippen LogP contribution in [0.1, 0.15) is 30.2 Å². The molecular formula is C15H21N3O. The minimum absolute atomic E-state index is 0.620. The van der Waals surface area contributed by atoms with Crippen molar-refractivity contribution in [2.75, 3.05) is 5.73 Å². The second-order valence-electron chi connectivity index (χ2n) is 4.90. The number of hydrogen-bond acceptors (Lipinski definition) is 3. The summed E-state index contributed by atoms with van der Waals surface area (Å²) in [6.07, 6.45) is 0.990. The van der Waals surface area contributed by atoms with Gasteiger partial charge in [-0.2, -0.15) is 5.10 Å². The quantitative estimate of drug-likeness (QED) is 0.912. The number of aryl methyl sites for hydroxylation is 4. The molecule has 0 radical (unpaired) electrons. The number of nitrogen functional groups attached to an aromatic ring is 1. The molecule has 102 valence electrons. The van der Waals surface area contributed by atoms with Crippen LogP contribution >= 0.6 is 0 Å². The van der Waals surface area contributed by atoms with Crippen LogP contribution < -0.4 is 10.5 Å². The van der Waals surface area contributed by atoms with E-state index in [1.54, 1.807) is 0 Å². The van der Waals surface area contributed by atoms with Gasteiger partial charge in [-0.15, -0.1) is 0 Å². The topological polar surface area (TPSA) is 53.1 Å². The minimum Gasteiger partial charge on any atom is -0.437 e. The Hall–Kier alpha value is -1.97. The Morgan fingerprint density at radius 3 is 2.68 bits per heavy atom. The van der Waals surface area contributed by atoms with Crippen molar-refractivity contribution >= 4 is 5.69 Å². The summed E-state index contributed by atoms with van der Waals surface area (Å²) in [6.45, 7) is 8.88. The molecule has 4 heteroatoms. The van der Waals surface area contributed by atoms with Gasteiger partial charge in [-0.05, 0) is 44.4 Å². The van der Waals surface area contributed by atoms with E-state index in [9.17, 15) is 0 Å². The number of ether oxygens (including phenoxy) is 1. The molecule has 1 heterocycles. The number of nitrogens with two attached hydrogens (primary N) is 1. The van der Waals surface area contributed by atoms with Crippen molar-refractivity contribution < 1.29 is 4.74 Å². The summed E-state index contributed by atoms with van der Waals surface area (Å²) in [5, 5.41) is 4.41. The third-order valence-corrected chi connectivity index (χ3v) is 3.11. The average molecular weight is 259 g/mol. The number of benzene rings is 1. The van der Waals surface area contributed by atoms with Gasteiger partial charge in [0.2, 0.25) is 5.88 Å². The zero-order chi connectivity index (χ0) is 14.0. The van der Waals surface area contributed by atoms with Gasteiger partial charge in [-0.1, -0.05) is 19.1 Å². The Balaban J connectivity index is 2.39. The van der Waals surface area contributed by atoms with Gasteiger partial charge in [-0.3, -0.25) is 0 Å². The lowest BCUT2D eigenvalue weighted by atomic mass is 10.1. The van der Waals surface area contributed by atoms with E-state index in [1.807, 2.05) is 37.6 Å². The maximum absolute atomic E-state index is 6.06. The average Bonchev–Trinajstić information content (AvgIpc) is 2.62. The predicted octanol–water partition coefficient (Wildman–Crippen LogP) is 3.59. The van der Waals surface area contributed by atoms with Gasteiger partial charge in [0.1, 0.15) is 11.4 Å². The molecule has 19 heavy (non-hydrogen) atoms. The molecule has 0 aliphatic carbocycles. The molecule has 0 bridgehead atoms. The molecule has 4 nitrogen and oxygen atoms in total. The first-order chi connectivity index (χ1) is 9.02. The van der Waals surface area contributed by atoms with E-state index in [2.05, 4.69) is 18.1 Å². The smallest absolute Gasteiger partial charge is 0.241 e. The standard InChI is InChI=1S/C15H21N3O/c1-5-8-18-15(14(16)12(4)17-18)19-13-9-10(2)6-7-11(13)3/h6-7,9H,5,8,16H2,1-4H3. The lowest BCUT2D eigenvalue weighted by Crippen LogP contribution is -2.03. The Morgan fingerprint density at radius 2 is 2.00 bits per heavy atom. The van der Waals surface area contributed by atoms with Crippen LogP contribution in [-0.2, 0) is 6.54 Å². The maximum atomic E-state index is 6.06. The molecule has 0 atom stereocenters. The molecule has 2 aromatic rings. The molecule has 0 aliphatic rings. The Labute approximate surface area is 114 Å². The summed E-state index contributed by atoms with van der Waals surface area (Å²) >= 11 is 0. The van der Waals surface area contributed by atoms with Gasteiger partial charge in [0.15, 0.2) is 0 Å². The normalized spacial score (nSPS) is 10.7. The molecule has 0 amide bonds. The summed E-state index contributed by atoms with van der Waals surface area (Å²) in [4.78, 5) is 0. The minimum atomic E-state index is 0.620. The zero-order valence-corrected chi connectivity index (χ0v) is 12.0. The van der Waals surface area contributed by atoms with Crippen molar-refractivity contribution in [2.24, 2.45) is 0 Å². The first-order valence-electron chi connectivity index (χ1n) is 6.61. The van der Waals surface area contributed by atoms with Crippen molar-refractivity contribution in [2.45, 2.75) is 40.7 Å². The molecular weight excluding hydrogens is 238 g/mol. The van der Waals surface area contributed by atoms with Crippen LogP contribution in [0.3, 0.4) is 0 Å². The Bertz CT molecular complexity index is 587. The molecule has 1 aromatic heterocycles. The molecule has 0 spiro atoms. The largest absolute Gasteiger partial charge is 0.437 e. The highest BCUT2D eigenvalue weighted by Crippen LogP contribution is 2.32. The summed E-state index contributed by atoms with van der Waals surface area (Å²) in [5.41, 5.74) is 9.75. The van der Waals surface area contributed by atoms with Crippen LogP contribution in [0.2, 0.25) is 0 Å². The lowest BCUT2D eigenvalue weighted by molar-refractivity contribution is 0.408. The fourth-order valence-corrected chi connectivity index (χ4v) is 1.97. The van der Waals surface area contributed by atoms with Gasteiger partial charge >= 0.3 is 0 Å². The zero-order valence-electron chi connectivity index (χ0n) is 12.0. The van der Waals surface area contributed by atoms with Gasteiger partial charge < -0.3 is 10.5 Å². The second kappa shape index (κ2) is 5.34. The van der Waals surface area contributed by atoms with Crippen LogP contribution in [0.25, 0.3) is 0 Å². The van der Waals surface area contributed by atoms with E-state index < -0.39 is 0 Å². The van der Waals surface area contributed by atoms with E-state index in [1.165, 1.54) is 0 Å². The van der Waals surface area contributed by atoms with E-state index >= 15 is 0 Å². The van der Waals surface area contributed by atoms with Gasteiger partial charge in [0, 0.05) is 6.54 Å². The van der Waals surface area contributed by atoms with Crippen molar-refractivity contribution in [3.63, 3.8) is 0 Å². The molecule has 0 fully saturated rings. The fourth-order valence-electron chi connectivity index (χ4n) is 1.97. The van der Waals surface area contributed by atoms with Crippen molar-refractivity contribution in [1.82, 2.24) is 9.78 Å². The number of nitrogens with zero attached hydrogens (tertiary/aromatic N) is 2. The first kappa shape index (κ1) is 13.5. The third-order valence-electron chi connectivity index (χ3n) is 3.11. The van der Waals surface area contributed by atoms with Crippen LogP contribution in [-0.4, -0.2) is 9.78 Å². The van der Waals surface area contributed by atoms with Crippen molar-refractivity contribution in [3.05, 3.63) is 35.0 Å². The SMILES string of the molecule is CCCn1nc(C)c(N)c1Oc1cc(C)ccc1C. The van der Waals surface area contributed by atoms with Crippen LogP contribution in [0.5, 0.6) is 11.6 Å². The van der Waals surface area contributed by atoms with Gasteiger partial charge in [-0.25, -0.2) is 4.68 Å². The molecule has 0 aliphatic heterocycles. The van der Waals surface area contributed by atoms with Crippen LogP contribution in [0, 0.1) is 20.8 Å². The summed E-state index contributed by atoms with van der Waals surface area (Å²) in [7, 11) is 0. The molecule has 2 N–H and O–H groups in total. The Kier molecular flexibility index (Phi) is 3.79. The summed E-state index contributed by atoms with van der Waals surface area (Å²) < 4.78 is 7.84. The van der Waals surface area contributed by atoms with E-state index in [4.69, 9.17) is 10.5 Å². The lowest BCUT2D eigenvalue weighted by Gasteiger charge is -2.11. The number of rotatable bonds is 4. The summed E-state index contributed by atoms with van der Waals surface area (Å²) in [5.74, 6) is 1.48. The van der Waals surface area contributed by atoms with Crippen molar-refractivity contribution in [1.29, 1.82) is 0 Å². The van der Waals surface area contributed by atoms with Crippen molar-refractivity contribution in [3.8, 4) is 11.6 Å². The van der Waals surface area contributed by atoms with E-state index in [0.29, 0.717) is 11.6 Å². The molecule has 0 saturated carbocycles. The number of anilines is 1. The van der Waals surface area contributed by atoms with Crippen LogP contribution in [0.4, 0.5) is 5.69 Å². The first-order valence-corrected chi connectivity index (χ1v) is 6.61. The van der Waals surface area contributed by atoms with Gasteiger partial charge in [0.05, 0.1) is 5.69 Å². The highest BCUT2D eigenvalue weighted by atomic mass is 16.5. The monoisotopic (exact) mass is 259 g/mol. The van der Waals surface area contributed by atoms with Crippen LogP contribution in [0.15, 0.2) is 18.2 Å². The molecule has 0 unspecified atom stereocenters. The van der Waals surface area contributed by atoms with E-state index in [-0.39, 0.29) is 0 Å². The molecule has 0 saturated heterocycles. The summed E-state index contributed by atoms with van der Waals surface area (Å²) in [6, 6.07) is 6.14. The fraction of sp³-hybridized carbons (Fsp3) is 0.400. The highest BCUT2D eigenvalue weighted by Gasteiger charge is 2.15. The van der Waals surface area contributed by atoms with E-state index in [0.717, 1.165) is 35.5 Å².